The maximum Gasteiger partial charge on any atom is 0.248 e. The van der Waals surface area contributed by atoms with Crippen LogP contribution in [0.15, 0.2) is 67.0 Å². The van der Waals surface area contributed by atoms with Crippen LogP contribution in [0.25, 0.3) is 21.3 Å². The first-order chi connectivity index (χ1) is 15.9. The molecule has 0 atom stereocenters. The lowest BCUT2D eigenvalue weighted by Crippen LogP contribution is -2.12. The summed E-state index contributed by atoms with van der Waals surface area (Å²) in [6.07, 6.45) is 4.82. The molecule has 1 amide bonds. The van der Waals surface area contributed by atoms with Crippen LogP contribution in [-0.2, 0) is 4.79 Å². The van der Waals surface area contributed by atoms with Gasteiger partial charge in [-0.25, -0.2) is 14.4 Å². The fourth-order valence-corrected chi connectivity index (χ4v) is 4.20. The molecule has 6 nitrogen and oxygen atoms in total. The zero-order valence-corrected chi connectivity index (χ0v) is 19.5. The fourth-order valence-electron chi connectivity index (χ4n) is 3.11. The van der Waals surface area contributed by atoms with E-state index in [1.165, 1.54) is 35.9 Å². The van der Waals surface area contributed by atoms with E-state index in [2.05, 4.69) is 20.6 Å². The number of likely N-dealkylation sites (N-methyl/N-ethyl adjacent to an activating group) is 1. The van der Waals surface area contributed by atoms with Gasteiger partial charge in [0, 0.05) is 28.6 Å². The molecule has 2 N–H and O–H groups in total. The van der Waals surface area contributed by atoms with Gasteiger partial charge in [-0.2, -0.15) is 0 Å². The molecule has 0 saturated heterocycles. The van der Waals surface area contributed by atoms with Crippen LogP contribution in [0.5, 0.6) is 0 Å². The molecular formula is C24H21ClFN5OS. The Morgan fingerprint density at radius 1 is 1.15 bits per heavy atom. The molecule has 168 valence electrons. The Morgan fingerprint density at radius 3 is 2.79 bits per heavy atom. The van der Waals surface area contributed by atoms with E-state index in [1.54, 1.807) is 6.07 Å². The molecule has 0 radical (unpaired) electrons. The number of fused-ring (bicyclic) bond motifs is 1. The van der Waals surface area contributed by atoms with Crippen LogP contribution in [0.3, 0.4) is 0 Å². The summed E-state index contributed by atoms with van der Waals surface area (Å²) < 4.78 is 13.5. The first kappa shape index (κ1) is 22.8. The Morgan fingerprint density at radius 2 is 2.00 bits per heavy atom. The lowest BCUT2D eigenvalue weighted by molar-refractivity contribution is -0.111. The standard InChI is InChI=1S/C24H21ClFN5OS/c1-31(2)11-3-4-22(32)30-23-10-9-21(33-23)15-5-8-20-17(12-15)24(28-14-27-20)29-16-6-7-19(26)18(25)13-16/h3-10,12-14H,11H2,1-2H3,(H,30,32)(H,27,28,29)/b4-3+. The molecule has 9 heteroatoms. The van der Waals surface area contributed by atoms with Gasteiger partial charge in [-0.3, -0.25) is 4.79 Å². The lowest BCUT2D eigenvalue weighted by atomic mass is 10.1. The highest BCUT2D eigenvalue weighted by Gasteiger charge is 2.10. The summed E-state index contributed by atoms with van der Waals surface area (Å²) >= 11 is 7.38. The Balaban J connectivity index is 1.57. The molecule has 0 fully saturated rings. The summed E-state index contributed by atoms with van der Waals surface area (Å²) in [5, 5.41) is 7.67. The number of hydrogen-bond donors (Lipinski definition) is 2. The number of aromatic nitrogens is 2. The number of anilines is 3. The van der Waals surface area contributed by atoms with Gasteiger partial charge >= 0.3 is 0 Å². The van der Waals surface area contributed by atoms with Gasteiger partial charge in [0.2, 0.25) is 5.91 Å². The van der Waals surface area contributed by atoms with Crippen LogP contribution in [0.1, 0.15) is 0 Å². The van der Waals surface area contributed by atoms with Gasteiger partial charge in [-0.15, -0.1) is 11.3 Å². The summed E-state index contributed by atoms with van der Waals surface area (Å²) in [5.41, 5.74) is 2.35. The smallest absolute Gasteiger partial charge is 0.248 e. The molecule has 2 heterocycles. The third-order valence-electron chi connectivity index (χ3n) is 4.69. The van der Waals surface area contributed by atoms with E-state index in [4.69, 9.17) is 11.6 Å². The molecule has 0 spiro atoms. The Bertz CT molecular complexity index is 1340. The van der Waals surface area contributed by atoms with Crippen LogP contribution in [-0.4, -0.2) is 41.4 Å². The molecule has 0 bridgehead atoms. The minimum absolute atomic E-state index is 0.0313. The quantitative estimate of drug-likeness (QED) is 0.319. The highest BCUT2D eigenvalue weighted by Crippen LogP contribution is 2.34. The van der Waals surface area contributed by atoms with Gasteiger partial charge in [0.05, 0.1) is 15.5 Å². The summed E-state index contributed by atoms with van der Waals surface area (Å²) in [5.74, 6) is -0.0620. The SMILES string of the molecule is CN(C)C/C=C/C(=O)Nc1ccc(-c2ccc3ncnc(Nc4ccc(F)c(Cl)c4)c3c2)s1. The molecule has 0 aliphatic heterocycles. The van der Waals surface area contributed by atoms with Gasteiger partial charge < -0.3 is 15.5 Å². The molecule has 0 unspecified atom stereocenters. The Kier molecular flexibility index (Phi) is 6.98. The van der Waals surface area contributed by atoms with Crippen molar-refractivity contribution in [2.24, 2.45) is 0 Å². The largest absolute Gasteiger partial charge is 0.340 e. The highest BCUT2D eigenvalue weighted by atomic mass is 35.5. The van der Waals surface area contributed by atoms with Crippen LogP contribution in [0, 0.1) is 5.82 Å². The van der Waals surface area contributed by atoms with Gasteiger partial charge in [0.15, 0.2) is 0 Å². The van der Waals surface area contributed by atoms with Gasteiger partial charge in [0.1, 0.15) is 18.0 Å². The van der Waals surface area contributed by atoms with Crippen molar-refractivity contribution >= 4 is 56.3 Å². The third-order valence-corrected chi connectivity index (χ3v) is 6.03. The van der Waals surface area contributed by atoms with Crippen molar-refractivity contribution in [2.75, 3.05) is 31.3 Å². The number of thiophene rings is 1. The van der Waals surface area contributed by atoms with Crippen molar-refractivity contribution in [3.05, 3.63) is 77.9 Å². The summed E-state index contributed by atoms with van der Waals surface area (Å²) in [6.45, 7) is 0.697. The number of benzene rings is 2. The molecule has 0 aliphatic rings. The first-order valence-electron chi connectivity index (χ1n) is 10.1. The van der Waals surface area contributed by atoms with E-state index in [9.17, 15) is 9.18 Å². The number of nitrogens with one attached hydrogen (secondary N) is 2. The second-order valence-corrected chi connectivity index (χ2v) is 9.02. The maximum atomic E-state index is 13.5. The molecule has 0 aliphatic carbocycles. The number of carbonyl (C=O) groups excluding carboxylic acids is 1. The molecule has 33 heavy (non-hydrogen) atoms. The molecule has 2 aromatic heterocycles. The summed E-state index contributed by atoms with van der Waals surface area (Å²) in [7, 11) is 3.89. The number of halogens is 2. The molecular weight excluding hydrogens is 461 g/mol. The average molecular weight is 482 g/mol. The monoisotopic (exact) mass is 481 g/mol. The number of carbonyl (C=O) groups is 1. The summed E-state index contributed by atoms with van der Waals surface area (Å²) in [6, 6.07) is 14.1. The summed E-state index contributed by atoms with van der Waals surface area (Å²) in [4.78, 5) is 23.8. The zero-order chi connectivity index (χ0) is 23.4. The Labute approximate surface area is 199 Å². The van der Waals surface area contributed by atoms with E-state index >= 15 is 0 Å². The molecule has 4 rings (SSSR count). The van der Waals surface area contributed by atoms with Crippen molar-refractivity contribution in [1.82, 2.24) is 14.9 Å². The minimum atomic E-state index is -0.481. The predicted molar refractivity (Wildman–Crippen MR) is 134 cm³/mol. The van der Waals surface area contributed by atoms with E-state index in [0.29, 0.717) is 18.1 Å². The first-order valence-corrected chi connectivity index (χ1v) is 11.3. The van der Waals surface area contributed by atoms with Crippen LogP contribution < -0.4 is 10.6 Å². The van der Waals surface area contributed by atoms with E-state index in [0.717, 1.165) is 26.3 Å². The van der Waals surface area contributed by atoms with Crippen LogP contribution >= 0.6 is 22.9 Å². The molecule has 4 aromatic rings. The third kappa shape index (κ3) is 5.73. The second-order valence-electron chi connectivity index (χ2n) is 7.53. The lowest BCUT2D eigenvalue weighted by Gasteiger charge is -2.10. The van der Waals surface area contributed by atoms with Crippen LogP contribution in [0.4, 0.5) is 20.9 Å². The van der Waals surface area contributed by atoms with Crippen molar-refractivity contribution < 1.29 is 9.18 Å². The molecule has 0 saturated carbocycles. The van der Waals surface area contributed by atoms with Crippen LogP contribution in [0.2, 0.25) is 5.02 Å². The number of nitrogens with zero attached hydrogens (tertiary/aromatic N) is 3. The normalized spacial score (nSPS) is 11.4. The number of hydrogen-bond acceptors (Lipinski definition) is 6. The topological polar surface area (TPSA) is 70.2 Å². The number of rotatable bonds is 7. The zero-order valence-electron chi connectivity index (χ0n) is 18.0. The highest BCUT2D eigenvalue weighted by molar-refractivity contribution is 7.19. The van der Waals surface area contributed by atoms with E-state index < -0.39 is 5.82 Å². The molecule has 2 aromatic carbocycles. The maximum absolute atomic E-state index is 13.5. The fraction of sp³-hybridized carbons (Fsp3) is 0.125. The average Bonchev–Trinajstić information content (AvgIpc) is 3.24. The van der Waals surface area contributed by atoms with Crippen molar-refractivity contribution in [3.63, 3.8) is 0 Å². The predicted octanol–water partition coefficient (Wildman–Crippen LogP) is 5.95. The van der Waals surface area contributed by atoms with Gasteiger partial charge in [-0.1, -0.05) is 23.7 Å². The number of amides is 1. The van der Waals surface area contributed by atoms with Gasteiger partial charge in [-0.05, 0) is 62.1 Å². The second kappa shape index (κ2) is 10.1. The van der Waals surface area contributed by atoms with Gasteiger partial charge in [0.25, 0.3) is 0 Å². The van der Waals surface area contributed by atoms with E-state index in [1.807, 2.05) is 55.4 Å². The van der Waals surface area contributed by atoms with E-state index in [-0.39, 0.29) is 10.9 Å². The van der Waals surface area contributed by atoms with Crippen molar-refractivity contribution in [2.45, 2.75) is 0 Å². The van der Waals surface area contributed by atoms with Crippen molar-refractivity contribution in [3.8, 4) is 10.4 Å². The Hall–Kier alpha value is -3.33. The van der Waals surface area contributed by atoms with Crippen molar-refractivity contribution in [1.29, 1.82) is 0 Å². The minimum Gasteiger partial charge on any atom is -0.340 e.